The summed E-state index contributed by atoms with van der Waals surface area (Å²) >= 11 is 10.9. The van der Waals surface area contributed by atoms with E-state index in [1.54, 1.807) is 13.1 Å². The number of nitrogens with zero attached hydrogens (tertiary/aromatic N) is 1. The van der Waals surface area contributed by atoms with Crippen molar-refractivity contribution in [3.8, 4) is 0 Å². The van der Waals surface area contributed by atoms with Crippen molar-refractivity contribution in [3.05, 3.63) is 28.8 Å². The lowest BCUT2D eigenvalue weighted by Gasteiger charge is -2.29. The van der Waals surface area contributed by atoms with Crippen molar-refractivity contribution in [3.63, 3.8) is 0 Å². The Morgan fingerprint density at radius 1 is 1.50 bits per heavy atom. The van der Waals surface area contributed by atoms with Crippen LogP contribution >= 0.6 is 23.8 Å². The average Bonchev–Trinajstić information content (AvgIpc) is 2.32. The van der Waals surface area contributed by atoms with E-state index < -0.39 is 10.0 Å². The van der Waals surface area contributed by atoms with Crippen LogP contribution in [0.1, 0.15) is 24.8 Å². The van der Waals surface area contributed by atoms with Crippen LogP contribution in [0, 0.1) is 5.92 Å². The number of benzene rings is 1. The van der Waals surface area contributed by atoms with Gasteiger partial charge in [0.25, 0.3) is 0 Å². The van der Waals surface area contributed by atoms with Crippen molar-refractivity contribution in [1.29, 1.82) is 0 Å². The van der Waals surface area contributed by atoms with Crippen molar-refractivity contribution in [2.45, 2.75) is 24.2 Å². The molecule has 1 aliphatic carbocycles. The molecule has 0 unspecified atom stereocenters. The lowest BCUT2D eigenvalue weighted by Crippen LogP contribution is -2.34. The predicted octanol–water partition coefficient (Wildman–Crippen LogP) is 2.39. The maximum Gasteiger partial charge on any atom is 0.244 e. The zero-order chi connectivity index (χ0) is 14.9. The zero-order valence-corrected chi connectivity index (χ0v) is 13.6. The summed E-state index contributed by atoms with van der Waals surface area (Å²) < 4.78 is 26.3. The molecule has 7 heteroatoms. The number of nitrogens with two attached hydrogens (primary N) is 1. The highest BCUT2D eigenvalue weighted by Crippen LogP contribution is 2.30. The summed E-state index contributed by atoms with van der Waals surface area (Å²) in [5.74, 6) is 0.462. The Bertz CT molecular complexity index is 627. The van der Waals surface area contributed by atoms with E-state index in [1.165, 1.54) is 22.9 Å². The first-order valence-corrected chi connectivity index (χ1v) is 8.60. The largest absolute Gasteiger partial charge is 0.389 e. The highest BCUT2D eigenvalue weighted by Gasteiger charge is 2.28. The van der Waals surface area contributed by atoms with Crippen molar-refractivity contribution in [2.24, 2.45) is 11.7 Å². The number of thiocarbonyl (C=S) groups is 1. The van der Waals surface area contributed by atoms with E-state index in [2.05, 4.69) is 0 Å². The first-order valence-electron chi connectivity index (χ1n) is 6.38. The highest BCUT2D eigenvalue weighted by molar-refractivity contribution is 7.89. The van der Waals surface area contributed by atoms with Crippen molar-refractivity contribution in [1.82, 2.24) is 4.31 Å². The van der Waals surface area contributed by atoms with Gasteiger partial charge in [0.1, 0.15) is 9.88 Å². The monoisotopic (exact) mass is 332 g/mol. The van der Waals surface area contributed by atoms with E-state index in [0.29, 0.717) is 18.0 Å². The molecule has 1 saturated carbocycles. The van der Waals surface area contributed by atoms with E-state index in [0.717, 1.165) is 12.8 Å². The molecule has 1 aliphatic rings. The lowest BCUT2D eigenvalue weighted by molar-refractivity contribution is 0.263. The second kappa shape index (κ2) is 5.97. The van der Waals surface area contributed by atoms with Crippen LogP contribution in [0.2, 0.25) is 5.02 Å². The summed E-state index contributed by atoms with van der Waals surface area (Å²) in [5, 5.41) is 0.149. The number of rotatable bonds is 5. The molecule has 1 aromatic rings. The first-order chi connectivity index (χ1) is 9.32. The molecule has 110 valence electrons. The van der Waals surface area contributed by atoms with Gasteiger partial charge < -0.3 is 5.73 Å². The van der Waals surface area contributed by atoms with Crippen LogP contribution in [0.5, 0.6) is 0 Å². The number of halogens is 1. The maximum absolute atomic E-state index is 12.5. The minimum absolute atomic E-state index is 0.0981. The molecule has 0 amide bonds. The van der Waals surface area contributed by atoms with E-state index in [4.69, 9.17) is 29.6 Å². The molecular weight excluding hydrogens is 316 g/mol. The smallest absolute Gasteiger partial charge is 0.244 e. The number of hydrogen-bond acceptors (Lipinski definition) is 3. The Morgan fingerprint density at radius 3 is 2.60 bits per heavy atom. The third-order valence-electron chi connectivity index (χ3n) is 3.64. The third kappa shape index (κ3) is 3.14. The van der Waals surface area contributed by atoms with Gasteiger partial charge in [0.15, 0.2) is 0 Å². The SMILES string of the molecule is CN(CC1CCC1)S(=O)(=O)c1ccc(C(N)=S)cc1Cl. The summed E-state index contributed by atoms with van der Waals surface area (Å²) in [6, 6.07) is 4.54. The Labute approximate surface area is 130 Å². The molecule has 1 aromatic carbocycles. The number of sulfonamides is 1. The van der Waals surface area contributed by atoms with E-state index >= 15 is 0 Å². The fourth-order valence-corrected chi connectivity index (χ4v) is 4.06. The first kappa shape index (κ1) is 15.7. The lowest BCUT2D eigenvalue weighted by atomic mass is 9.86. The van der Waals surface area contributed by atoms with Gasteiger partial charge in [-0.3, -0.25) is 0 Å². The molecule has 0 spiro atoms. The van der Waals surface area contributed by atoms with Crippen LogP contribution in [-0.4, -0.2) is 31.3 Å². The van der Waals surface area contributed by atoms with Gasteiger partial charge in [0.2, 0.25) is 10.0 Å². The second-order valence-corrected chi connectivity index (χ2v) is 7.95. The average molecular weight is 333 g/mol. The molecule has 0 bridgehead atoms. The number of hydrogen-bond donors (Lipinski definition) is 1. The second-order valence-electron chi connectivity index (χ2n) is 5.09. The third-order valence-corrected chi connectivity index (χ3v) is 6.19. The van der Waals surface area contributed by atoms with E-state index in [9.17, 15) is 8.42 Å². The minimum Gasteiger partial charge on any atom is -0.389 e. The van der Waals surface area contributed by atoms with Gasteiger partial charge in [0.05, 0.1) is 5.02 Å². The van der Waals surface area contributed by atoms with Crippen LogP contribution in [0.15, 0.2) is 23.1 Å². The summed E-state index contributed by atoms with van der Waals surface area (Å²) in [4.78, 5) is 0.291. The van der Waals surface area contributed by atoms with Crippen molar-refractivity contribution in [2.75, 3.05) is 13.6 Å². The van der Waals surface area contributed by atoms with Crippen LogP contribution in [0.4, 0.5) is 0 Å². The molecule has 0 radical (unpaired) electrons. The fraction of sp³-hybridized carbons (Fsp3) is 0.462. The fourth-order valence-electron chi connectivity index (χ4n) is 2.17. The van der Waals surface area contributed by atoms with Gasteiger partial charge in [-0.05, 0) is 30.9 Å². The Morgan fingerprint density at radius 2 is 2.15 bits per heavy atom. The molecule has 0 heterocycles. The quantitative estimate of drug-likeness (QED) is 0.841. The van der Waals surface area contributed by atoms with Gasteiger partial charge in [-0.15, -0.1) is 0 Å². The summed E-state index contributed by atoms with van der Waals surface area (Å²) in [5.41, 5.74) is 6.07. The standard InChI is InChI=1S/C13H17ClN2O2S2/c1-16(8-9-3-2-4-9)20(17,18)12-6-5-10(13(15)19)7-11(12)14/h5-7,9H,2-4,8H2,1H3,(H2,15,19). The Kier molecular flexibility index (Phi) is 4.69. The van der Waals surface area contributed by atoms with Crippen molar-refractivity contribution < 1.29 is 8.42 Å². The van der Waals surface area contributed by atoms with E-state index in [1.807, 2.05) is 0 Å². The molecule has 20 heavy (non-hydrogen) atoms. The van der Waals surface area contributed by atoms with Crippen molar-refractivity contribution >= 4 is 38.8 Å². The van der Waals surface area contributed by atoms with E-state index in [-0.39, 0.29) is 14.9 Å². The highest BCUT2D eigenvalue weighted by atomic mass is 35.5. The van der Waals surface area contributed by atoms with Crippen LogP contribution in [0.3, 0.4) is 0 Å². The topological polar surface area (TPSA) is 63.4 Å². The Balaban J connectivity index is 2.26. The predicted molar refractivity (Wildman–Crippen MR) is 84.5 cm³/mol. The van der Waals surface area contributed by atoms with Gasteiger partial charge >= 0.3 is 0 Å². The maximum atomic E-state index is 12.5. The summed E-state index contributed by atoms with van der Waals surface area (Å²) in [6.45, 7) is 0.537. The summed E-state index contributed by atoms with van der Waals surface area (Å²) in [6.07, 6.45) is 3.36. The molecule has 2 rings (SSSR count). The van der Waals surface area contributed by atoms with Gasteiger partial charge in [-0.1, -0.05) is 36.3 Å². The van der Waals surface area contributed by atoms with Gasteiger partial charge in [-0.25, -0.2) is 12.7 Å². The molecule has 0 aromatic heterocycles. The minimum atomic E-state index is -3.57. The molecule has 0 atom stereocenters. The molecule has 1 fully saturated rings. The molecule has 0 saturated heterocycles. The molecule has 4 nitrogen and oxygen atoms in total. The van der Waals surface area contributed by atoms with Gasteiger partial charge in [-0.2, -0.15) is 0 Å². The van der Waals surface area contributed by atoms with Crippen LogP contribution in [0.25, 0.3) is 0 Å². The zero-order valence-electron chi connectivity index (χ0n) is 11.2. The summed E-state index contributed by atoms with van der Waals surface area (Å²) in [7, 11) is -1.98. The normalized spacial score (nSPS) is 16.1. The molecule has 0 aliphatic heterocycles. The Hall–Kier alpha value is -0.690. The van der Waals surface area contributed by atoms with Gasteiger partial charge in [0, 0.05) is 19.2 Å². The molecular formula is C13H17ClN2O2S2. The van der Waals surface area contributed by atoms with Crippen LogP contribution in [-0.2, 0) is 10.0 Å². The van der Waals surface area contributed by atoms with Crippen LogP contribution < -0.4 is 5.73 Å². The molecule has 2 N–H and O–H groups in total.